The van der Waals surface area contributed by atoms with E-state index < -0.39 is 0 Å². The molecule has 0 bridgehead atoms. The highest BCUT2D eigenvalue weighted by Gasteiger charge is 2.21. The molecular formula is C13H17N5OS. The molecule has 0 aliphatic carbocycles. The van der Waals surface area contributed by atoms with Crippen LogP contribution in [0.3, 0.4) is 0 Å². The molecule has 1 unspecified atom stereocenters. The molecule has 1 atom stereocenters. The van der Waals surface area contributed by atoms with Gasteiger partial charge in [-0.25, -0.2) is 4.98 Å². The number of hydrogen-bond donors (Lipinski definition) is 0. The number of fused-ring (bicyclic) bond motifs is 1. The van der Waals surface area contributed by atoms with Crippen LogP contribution >= 0.6 is 11.8 Å². The fraction of sp³-hybridized carbons (Fsp3) is 0.538. The van der Waals surface area contributed by atoms with Crippen LogP contribution in [0.25, 0.3) is 5.78 Å². The van der Waals surface area contributed by atoms with Crippen LogP contribution < -0.4 is 0 Å². The Kier molecular flexibility index (Phi) is 3.86. The van der Waals surface area contributed by atoms with E-state index in [0.29, 0.717) is 22.6 Å². The number of likely N-dealkylation sites (tertiary alicyclic amines) is 1. The highest BCUT2D eigenvalue weighted by Crippen LogP contribution is 2.19. The summed E-state index contributed by atoms with van der Waals surface area (Å²) in [4.78, 5) is 18.3. The molecule has 0 radical (unpaired) electrons. The lowest BCUT2D eigenvalue weighted by atomic mass is 10.0. The summed E-state index contributed by atoms with van der Waals surface area (Å²) in [6.07, 6.45) is 5.86. The molecule has 3 heterocycles. The molecule has 0 aromatic carbocycles. The second-order valence-electron chi connectivity index (χ2n) is 5.15. The minimum absolute atomic E-state index is 0.183. The van der Waals surface area contributed by atoms with Crippen molar-refractivity contribution in [2.24, 2.45) is 5.92 Å². The standard InChI is InChI=1S/C13H17N5OS/c1-10-4-2-6-17(8-10)11(19)9-20-13-16-15-12-14-5-3-7-18(12)13/h3,5,7,10H,2,4,6,8-9H2,1H3. The first-order valence-electron chi connectivity index (χ1n) is 6.80. The van der Waals surface area contributed by atoms with Gasteiger partial charge in [0.1, 0.15) is 0 Å². The number of carbonyl (C=O) groups excluding carboxylic acids is 1. The van der Waals surface area contributed by atoms with Gasteiger partial charge in [0.05, 0.1) is 5.75 Å². The maximum absolute atomic E-state index is 12.2. The molecule has 0 spiro atoms. The quantitative estimate of drug-likeness (QED) is 0.801. The molecule has 1 aliphatic heterocycles. The van der Waals surface area contributed by atoms with Crippen molar-refractivity contribution in [1.29, 1.82) is 0 Å². The Morgan fingerprint density at radius 3 is 3.25 bits per heavy atom. The van der Waals surface area contributed by atoms with E-state index in [2.05, 4.69) is 22.1 Å². The van der Waals surface area contributed by atoms with Gasteiger partial charge in [0.25, 0.3) is 5.78 Å². The van der Waals surface area contributed by atoms with E-state index in [1.807, 2.05) is 17.2 Å². The van der Waals surface area contributed by atoms with Gasteiger partial charge in [-0.1, -0.05) is 18.7 Å². The smallest absolute Gasteiger partial charge is 0.255 e. The molecule has 1 amide bonds. The highest BCUT2D eigenvalue weighted by molar-refractivity contribution is 7.99. The van der Waals surface area contributed by atoms with Crippen LogP contribution in [-0.2, 0) is 4.79 Å². The topological polar surface area (TPSA) is 63.4 Å². The molecule has 6 nitrogen and oxygen atoms in total. The molecule has 1 fully saturated rings. The lowest BCUT2D eigenvalue weighted by Gasteiger charge is -2.30. The molecule has 106 valence electrons. The van der Waals surface area contributed by atoms with Crippen LogP contribution in [0.1, 0.15) is 19.8 Å². The molecule has 7 heteroatoms. The Hall–Kier alpha value is -1.63. The zero-order chi connectivity index (χ0) is 13.9. The average Bonchev–Trinajstić information content (AvgIpc) is 2.88. The van der Waals surface area contributed by atoms with E-state index in [1.54, 1.807) is 10.6 Å². The lowest BCUT2D eigenvalue weighted by molar-refractivity contribution is -0.130. The molecule has 1 saturated heterocycles. The first-order chi connectivity index (χ1) is 9.74. The van der Waals surface area contributed by atoms with Gasteiger partial charge in [-0.05, 0) is 24.8 Å². The molecule has 1 aliphatic rings. The van der Waals surface area contributed by atoms with Crippen molar-refractivity contribution in [2.75, 3.05) is 18.8 Å². The monoisotopic (exact) mass is 291 g/mol. The van der Waals surface area contributed by atoms with Crippen LogP contribution in [0.2, 0.25) is 0 Å². The Morgan fingerprint density at radius 1 is 1.50 bits per heavy atom. The number of carbonyl (C=O) groups is 1. The van der Waals surface area contributed by atoms with Crippen LogP contribution in [-0.4, -0.2) is 49.2 Å². The summed E-state index contributed by atoms with van der Waals surface area (Å²) in [5, 5.41) is 8.76. The number of amides is 1. The maximum Gasteiger partial charge on any atom is 0.255 e. The number of piperidine rings is 1. The fourth-order valence-electron chi connectivity index (χ4n) is 2.45. The maximum atomic E-state index is 12.2. The van der Waals surface area contributed by atoms with Crippen molar-refractivity contribution >= 4 is 23.4 Å². The first-order valence-corrected chi connectivity index (χ1v) is 7.79. The Morgan fingerprint density at radius 2 is 2.40 bits per heavy atom. The van der Waals surface area contributed by atoms with E-state index in [9.17, 15) is 4.79 Å². The van der Waals surface area contributed by atoms with Gasteiger partial charge in [0, 0.05) is 25.5 Å². The Bertz CT molecular complexity index is 614. The Balaban J connectivity index is 1.63. The third kappa shape index (κ3) is 2.77. The molecular weight excluding hydrogens is 274 g/mol. The largest absolute Gasteiger partial charge is 0.342 e. The third-order valence-corrected chi connectivity index (χ3v) is 4.42. The van der Waals surface area contributed by atoms with E-state index in [0.717, 1.165) is 19.5 Å². The molecule has 2 aromatic heterocycles. The van der Waals surface area contributed by atoms with Gasteiger partial charge in [-0.2, -0.15) is 0 Å². The van der Waals surface area contributed by atoms with Crippen molar-refractivity contribution < 1.29 is 4.79 Å². The van der Waals surface area contributed by atoms with Crippen molar-refractivity contribution in [3.05, 3.63) is 18.5 Å². The van der Waals surface area contributed by atoms with Gasteiger partial charge < -0.3 is 4.90 Å². The van der Waals surface area contributed by atoms with Gasteiger partial charge in [0.15, 0.2) is 5.16 Å². The summed E-state index contributed by atoms with van der Waals surface area (Å²) in [5.74, 6) is 1.76. The minimum Gasteiger partial charge on any atom is -0.342 e. The second kappa shape index (κ2) is 5.78. The van der Waals surface area contributed by atoms with Crippen molar-refractivity contribution in [1.82, 2.24) is 24.5 Å². The number of nitrogens with zero attached hydrogens (tertiary/aromatic N) is 5. The highest BCUT2D eigenvalue weighted by atomic mass is 32.2. The summed E-state index contributed by atoms with van der Waals surface area (Å²) in [7, 11) is 0. The number of thioether (sulfide) groups is 1. The fourth-order valence-corrected chi connectivity index (χ4v) is 3.27. The normalized spacial score (nSPS) is 19.4. The Labute approximate surface area is 121 Å². The van der Waals surface area contributed by atoms with E-state index >= 15 is 0 Å². The van der Waals surface area contributed by atoms with Gasteiger partial charge >= 0.3 is 0 Å². The molecule has 20 heavy (non-hydrogen) atoms. The summed E-state index contributed by atoms with van der Waals surface area (Å²) in [6.45, 7) is 3.96. The predicted octanol–water partition coefficient (Wildman–Crippen LogP) is 1.47. The number of aromatic nitrogens is 4. The van der Waals surface area contributed by atoms with Crippen LogP contribution in [0.15, 0.2) is 23.6 Å². The van der Waals surface area contributed by atoms with Crippen molar-refractivity contribution in [3.63, 3.8) is 0 Å². The molecule has 3 rings (SSSR count). The first kappa shape index (κ1) is 13.4. The van der Waals surface area contributed by atoms with Gasteiger partial charge in [-0.3, -0.25) is 9.20 Å². The third-order valence-electron chi connectivity index (χ3n) is 3.49. The molecule has 0 N–H and O–H groups in total. The predicted molar refractivity (Wildman–Crippen MR) is 76.5 cm³/mol. The molecule has 0 saturated carbocycles. The van der Waals surface area contributed by atoms with Gasteiger partial charge in [0.2, 0.25) is 5.91 Å². The zero-order valence-corrected chi connectivity index (χ0v) is 12.2. The van der Waals surface area contributed by atoms with E-state index in [-0.39, 0.29) is 5.91 Å². The van der Waals surface area contributed by atoms with Gasteiger partial charge in [-0.15, -0.1) is 10.2 Å². The van der Waals surface area contributed by atoms with Crippen LogP contribution in [0, 0.1) is 5.92 Å². The lowest BCUT2D eigenvalue weighted by Crippen LogP contribution is -2.40. The van der Waals surface area contributed by atoms with Crippen LogP contribution in [0.4, 0.5) is 0 Å². The minimum atomic E-state index is 0.183. The summed E-state index contributed by atoms with van der Waals surface area (Å²) >= 11 is 1.42. The summed E-state index contributed by atoms with van der Waals surface area (Å²) < 4.78 is 1.80. The van der Waals surface area contributed by atoms with E-state index in [1.165, 1.54) is 18.2 Å². The van der Waals surface area contributed by atoms with Crippen molar-refractivity contribution in [2.45, 2.75) is 24.9 Å². The van der Waals surface area contributed by atoms with E-state index in [4.69, 9.17) is 0 Å². The zero-order valence-electron chi connectivity index (χ0n) is 11.4. The SMILES string of the molecule is CC1CCCN(C(=O)CSc2nnc3ncccn23)C1. The number of rotatable bonds is 3. The number of hydrogen-bond acceptors (Lipinski definition) is 5. The summed E-state index contributed by atoms with van der Waals surface area (Å²) in [6, 6.07) is 1.83. The second-order valence-corrected chi connectivity index (χ2v) is 6.09. The van der Waals surface area contributed by atoms with Crippen molar-refractivity contribution in [3.8, 4) is 0 Å². The summed E-state index contributed by atoms with van der Waals surface area (Å²) in [5.41, 5.74) is 0. The molecule has 2 aromatic rings. The van der Waals surface area contributed by atoms with Crippen LogP contribution in [0.5, 0.6) is 0 Å². The average molecular weight is 291 g/mol.